The maximum atomic E-state index is 13.8. The van der Waals surface area contributed by atoms with E-state index in [0.29, 0.717) is 0 Å². The quantitative estimate of drug-likeness (QED) is 0.444. The predicted molar refractivity (Wildman–Crippen MR) is 137 cm³/mol. The first-order valence-corrected chi connectivity index (χ1v) is 12.1. The van der Waals surface area contributed by atoms with Crippen molar-refractivity contribution in [2.24, 2.45) is 0 Å². The Labute approximate surface area is 207 Å². The number of thioether (sulfide) groups is 1. The molecule has 8 heteroatoms. The third kappa shape index (κ3) is 4.79. The van der Waals surface area contributed by atoms with Gasteiger partial charge in [0.1, 0.15) is 12.4 Å². The first kappa shape index (κ1) is 24.5. The van der Waals surface area contributed by atoms with Crippen molar-refractivity contribution in [2.75, 3.05) is 11.9 Å². The normalized spacial score (nSPS) is 14.8. The summed E-state index contributed by atoms with van der Waals surface area (Å²) in [7, 11) is 0. The second-order valence-electron chi connectivity index (χ2n) is 8.39. The zero-order valence-electron chi connectivity index (χ0n) is 20.0. The highest BCUT2D eigenvalue weighted by Crippen LogP contribution is 2.34. The third-order valence-corrected chi connectivity index (χ3v) is 6.91. The molecule has 0 bridgehead atoms. The van der Waals surface area contributed by atoms with Gasteiger partial charge in [0.15, 0.2) is 0 Å². The Morgan fingerprint density at radius 1 is 1.09 bits per heavy atom. The summed E-state index contributed by atoms with van der Waals surface area (Å²) in [6.45, 7) is 7.70. The summed E-state index contributed by atoms with van der Waals surface area (Å²) in [6, 6.07) is 13.9. The van der Waals surface area contributed by atoms with E-state index >= 15 is 0 Å². The second-order valence-corrected chi connectivity index (χ2v) is 9.39. The van der Waals surface area contributed by atoms with Gasteiger partial charge in [-0.25, -0.2) is 4.39 Å². The van der Waals surface area contributed by atoms with Gasteiger partial charge in [0.05, 0.1) is 16.3 Å². The smallest absolute Gasteiger partial charge is 0.294 e. The molecule has 4 rings (SSSR count). The summed E-state index contributed by atoms with van der Waals surface area (Å²) in [5, 5.41) is 1.87. The van der Waals surface area contributed by atoms with Crippen LogP contribution in [0.5, 0.6) is 0 Å². The van der Waals surface area contributed by atoms with Gasteiger partial charge in [0.2, 0.25) is 5.91 Å². The van der Waals surface area contributed by atoms with E-state index in [9.17, 15) is 18.8 Å². The van der Waals surface area contributed by atoms with Crippen LogP contribution in [0.25, 0.3) is 11.8 Å². The highest BCUT2D eigenvalue weighted by molar-refractivity contribution is 8.18. The number of nitrogens with one attached hydrogen (secondary N) is 1. The van der Waals surface area contributed by atoms with Crippen LogP contribution in [0.4, 0.5) is 14.9 Å². The Morgan fingerprint density at radius 2 is 1.83 bits per heavy atom. The number of anilines is 1. The molecule has 0 radical (unpaired) electrons. The van der Waals surface area contributed by atoms with Crippen LogP contribution in [0.15, 0.2) is 53.4 Å². The van der Waals surface area contributed by atoms with Crippen molar-refractivity contribution < 1.29 is 18.8 Å². The Balaban J connectivity index is 1.58. The van der Waals surface area contributed by atoms with Crippen LogP contribution < -0.4 is 5.32 Å². The molecule has 1 saturated heterocycles. The standard InChI is InChI=1S/C27H26FN3O3S/c1-5-19-10-8-9-16(2)25(19)31-17(3)13-20(18(31)4)14-23-26(33)30(27(34)35-23)15-24(32)29-22-12-7-6-11-21(22)28/h6-14H,5,15H2,1-4H3,(H,29,32)/b23-14-. The molecule has 1 N–H and O–H groups in total. The monoisotopic (exact) mass is 491 g/mol. The lowest BCUT2D eigenvalue weighted by atomic mass is 10.1. The highest BCUT2D eigenvalue weighted by Gasteiger charge is 2.36. The average Bonchev–Trinajstić information content (AvgIpc) is 3.24. The van der Waals surface area contributed by atoms with Gasteiger partial charge in [-0.05, 0) is 79.9 Å². The molecule has 0 unspecified atom stereocenters. The van der Waals surface area contributed by atoms with Crippen molar-refractivity contribution >= 4 is 40.6 Å². The summed E-state index contributed by atoms with van der Waals surface area (Å²) in [5.74, 6) is -1.78. The van der Waals surface area contributed by atoms with Gasteiger partial charge in [-0.3, -0.25) is 19.3 Å². The maximum absolute atomic E-state index is 13.8. The minimum absolute atomic E-state index is 0.00453. The van der Waals surface area contributed by atoms with Crippen molar-refractivity contribution in [3.8, 4) is 5.69 Å². The van der Waals surface area contributed by atoms with Crippen molar-refractivity contribution in [2.45, 2.75) is 34.1 Å². The number of hydrogen-bond donors (Lipinski definition) is 1. The van der Waals surface area contributed by atoms with Gasteiger partial charge >= 0.3 is 0 Å². The van der Waals surface area contributed by atoms with Gasteiger partial charge < -0.3 is 9.88 Å². The number of hydrogen-bond acceptors (Lipinski definition) is 4. The van der Waals surface area contributed by atoms with E-state index in [1.54, 1.807) is 12.1 Å². The fraction of sp³-hybridized carbons (Fsp3) is 0.222. The van der Waals surface area contributed by atoms with Crippen molar-refractivity contribution in [3.05, 3.63) is 87.3 Å². The Bertz CT molecular complexity index is 1380. The second kappa shape index (κ2) is 9.92. The molecule has 1 aliphatic rings. The summed E-state index contributed by atoms with van der Waals surface area (Å²) in [4.78, 5) is 39.0. The Hall–Kier alpha value is -3.65. The molecule has 0 saturated carbocycles. The summed E-state index contributed by atoms with van der Waals surface area (Å²) in [5.41, 5.74) is 6.29. The molecule has 0 atom stereocenters. The topological polar surface area (TPSA) is 71.4 Å². The van der Waals surface area contributed by atoms with Crippen molar-refractivity contribution in [3.63, 3.8) is 0 Å². The fourth-order valence-electron chi connectivity index (χ4n) is 4.28. The number of amides is 3. The zero-order chi connectivity index (χ0) is 25.3. The van der Waals surface area contributed by atoms with E-state index in [-0.39, 0.29) is 10.6 Å². The molecule has 6 nitrogen and oxygen atoms in total. The van der Waals surface area contributed by atoms with E-state index in [2.05, 4.69) is 35.9 Å². The number of nitrogens with zero attached hydrogens (tertiary/aromatic N) is 2. The molecular weight excluding hydrogens is 465 g/mol. The third-order valence-electron chi connectivity index (χ3n) is 6.01. The molecule has 3 aromatic rings. The van der Waals surface area contributed by atoms with Gasteiger partial charge in [0.25, 0.3) is 11.1 Å². The minimum Gasteiger partial charge on any atom is -0.322 e. The van der Waals surface area contributed by atoms with Crippen LogP contribution in [0.3, 0.4) is 0 Å². The molecule has 0 aliphatic carbocycles. The molecule has 1 fully saturated rings. The van der Waals surface area contributed by atoms with Crippen LogP contribution in [0.2, 0.25) is 0 Å². The largest absolute Gasteiger partial charge is 0.322 e. The zero-order valence-corrected chi connectivity index (χ0v) is 20.8. The number of halogens is 1. The number of rotatable bonds is 6. The maximum Gasteiger partial charge on any atom is 0.294 e. The number of aromatic nitrogens is 1. The Morgan fingerprint density at radius 3 is 2.54 bits per heavy atom. The summed E-state index contributed by atoms with van der Waals surface area (Å²) in [6.07, 6.45) is 2.58. The lowest BCUT2D eigenvalue weighted by molar-refractivity contribution is -0.127. The Kier molecular flexibility index (Phi) is 6.93. The van der Waals surface area contributed by atoms with Crippen LogP contribution in [-0.4, -0.2) is 33.1 Å². The first-order valence-electron chi connectivity index (χ1n) is 11.3. The highest BCUT2D eigenvalue weighted by atomic mass is 32.2. The number of para-hydroxylation sites is 2. The molecule has 180 valence electrons. The van der Waals surface area contributed by atoms with E-state index in [1.807, 2.05) is 26.0 Å². The lowest BCUT2D eigenvalue weighted by Gasteiger charge is -2.17. The van der Waals surface area contributed by atoms with E-state index < -0.39 is 29.4 Å². The number of carbonyl (C=O) groups excluding carboxylic acids is 3. The van der Waals surface area contributed by atoms with Crippen LogP contribution >= 0.6 is 11.8 Å². The molecule has 0 spiro atoms. The van der Waals surface area contributed by atoms with Crippen LogP contribution in [-0.2, 0) is 16.0 Å². The van der Waals surface area contributed by atoms with E-state index in [1.165, 1.54) is 23.8 Å². The number of aryl methyl sites for hydroxylation is 3. The summed E-state index contributed by atoms with van der Waals surface area (Å²) < 4.78 is 16.0. The molecule has 2 heterocycles. The average molecular weight is 492 g/mol. The van der Waals surface area contributed by atoms with E-state index in [4.69, 9.17) is 0 Å². The van der Waals surface area contributed by atoms with Crippen LogP contribution in [0.1, 0.15) is 35.0 Å². The SMILES string of the molecule is CCc1cccc(C)c1-n1c(C)cc(/C=C2\SC(=O)N(CC(=O)Nc3ccccc3F)C2=O)c1C. The predicted octanol–water partition coefficient (Wildman–Crippen LogP) is 5.78. The van der Waals surface area contributed by atoms with Crippen molar-refractivity contribution in [1.82, 2.24) is 9.47 Å². The van der Waals surface area contributed by atoms with Gasteiger partial charge in [-0.15, -0.1) is 0 Å². The first-order chi connectivity index (χ1) is 16.7. The summed E-state index contributed by atoms with van der Waals surface area (Å²) >= 11 is 0.794. The number of imide groups is 1. The lowest BCUT2D eigenvalue weighted by Crippen LogP contribution is -2.36. The van der Waals surface area contributed by atoms with Gasteiger partial charge in [-0.2, -0.15) is 0 Å². The fourth-order valence-corrected chi connectivity index (χ4v) is 5.11. The molecular formula is C27H26FN3O3S. The van der Waals surface area contributed by atoms with Gasteiger partial charge in [0, 0.05) is 11.4 Å². The molecule has 1 aliphatic heterocycles. The van der Waals surface area contributed by atoms with E-state index in [0.717, 1.165) is 51.3 Å². The minimum atomic E-state index is -0.650. The molecule has 1 aromatic heterocycles. The van der Waals surface area contributed by atoms with Gasteiger partial charge in [-0.1, -0.05) is 37.3 Å². The number of benzene rings is 2. The molecule has 3 amide bonds. The van der Waals surface area contributed by atoms with Crippen molar-refractivity contribution in [1.29, 1.82) is 0 Å². The number of carbonyl (C=O) groups is 3. The van der Waals surface area contributed by atoms with Crippen LogP contribution in [0, 0.1) is 26.6 Å². The molecule has 35 heavy (non-hydrogen) atoms. The molecule has 2 aromatic carbocycles.